The first-order valence-corrected chi connectivity index (χ1v) is 7.49. The summed E-state index contributed by atoms with van der Waals surface area (Å²) in [5, 5.41) is 9.99. The fourth-order valence-electron chi connectivity index (χ4n) is 2.47. The van der Waals surface area contributed by atoms with Crippen LogP contribution in [0.15, 0.2) is 24.5 Å². The van der Waals surface area contributed by atoms with Crippen molar-refractivity contribution >= 4 is 5.91 Å². The van der Waals surface area contributed by atoms with Crippen molar-refractivity contribution in [2.45, 2.75) is 18.7 Å². The van der Waals surface area contributed by atoms with Crippen LogP contribution >= 0.6 is 0 Å². The Morgan fingerprint density at radius 3 is 3.09 bits per heavy atom. The normalized spacial score (nSPS) is 20.6. The third kappa shape index (κ3) is 3.72. The Hall–Kier alpha value is -2.32. The van der Waals surface area contributed by atoms with Crippen LogP contribution in [0.3, 0.4) is 0 Å². The van der Waals surface area contributed by atoms with Gasteiger partial charge in [-0.05, 0) is 12.1 Å². The Balaban J connectivity index is 1.54. The van der Waals surface area contributed by atoms with Crippen LogP contribution in [0.1, 0.15) is 16.2 Å². The number of carbonyl (C=O) groups excluding carboxylic acids is 1. The maximum Gasteiger partial charge on any atom is 0.269 e. The fraction of sp³-hybridized carbons (Fsp3) is 0.467. The van der Waals surface area contributed by atoms with E-state index in [1.807, 2.05) is 6.07 Å². The second-order valence-corrected chi connectivity index (χ2v) is 5.71. The van der Waals surface area contributed by atoms with Crippen LogP contribution in [0.4, 0.5) is 0 Å². The van der Waals surface area contributed by atoms with Crippen LogP contribution in [0.5, 0.6) is 5.75 Å². The van der Waals surface area contributed by atoms with Gasteiger partial charge < -0.3 is 24.7 Å². The highest BCUT2D eigenvalue weighted by Crippen LogP contribution is 2.16. The van der Waals surface area contributed by atoms with E-state index in [2.05, 4.69) is 20.5 Å². The molecule has 1 aliphatic heterocycles. The molecule has 3 N–H and O–H groups in total. The number of nitrogens with one attached hydrogen (secondary N) is 3. The van der Waals surface area contributed by atoms with E-state index in [1.165, 1.54) is 0 Å². The van der Waals surface area contributed by atoms with Gasteiger partial charge in [-0.15, -0.1) is 0 Å². The summed E-state index contributed by atoms with van der Waals surface area (Å²) in [5.74, 6) is 0.660. The summed E-state index contributed by atoms with van der Waals surface area (Å²) in [5.41, 5.74) is 1.53. The summed E-state index contributed by atoms with van der Waals surface area (Å²) in [6.45, 7) is 1.74. The van der Waals surface area contributed by atoms with Crippen molar-refractivity contribution in [2.75, 3.05) is 27.3 Å². The van der Waals surface area contributed by atoms with E-state index in [4.69, 9.17) is 9.47 Å². The van der Waals surface area contributed by atoms with Crippen LogP contribution in [0.2, 0.25) is 0 Å². The van der Waals surface area contributed by atoms with E-state index in [0.717, 1.165) is 5.69 Å². The molecule has 3 heterocycles. The first-order valence-electron chi connectivity index (χ1n) is 7.49. The number of hydrogen-bond acceptors (Lipinski definition) is 5. The molecule has 2 aromatic rings. The molecule has 3 rings (SSSR count). The maximum atomic E-state index is 11.9. The molecule has 8 nitrogen and oxygen atoms in total. The van der Waals surface area contributed by atoms with Gasteiger partial charge in [-0.1, -0.05) is 0 Å². The molecule has 2 atom stereocenters. The van der Waals surface area contributed by atoms with Crippen molar-refractivity contribution < 1.29 is 14.3 Å². The predicted octanol–water partition coefficient (Wildman–Crippen LogP) is 0.376. The molecule has 1 fully saturated rings. The standard InChI is InChI=1S/C15H21N5O3/c1-20(2)15(21)12-4-3-10(19-12)5-16-13-8-22-9-14(13)23-11-6-17-18-7-11/h3-4,6-7,13-14,16,19H,5,8-9H2,1-2H3,(H,17,18)/t13-,14+/m0/s1. The van der Waals surface area contributed by atoms with Crippen molar-refractivity contribution in [3.63, 3.8) is 0 Å². The highest BCUT2D eigenvalue weighted by Gasteiger charge is 2.30. The first kappa shape index (κ1) is 15.6. The van der Waals surface area contributed by atoms with Crippen molar-refractivity contribution in [1.82, 2.24) is 25.4 Å². The topological polar surface area (TPSA) is 95.3 Å². The van der Waals surface area contributed by atoms with E-state index < -0.39 is 0 Å². The number of carbonyl (C=O) groups is 1. The third-order valence-electron chi connectivity index (χ3n) is 3.73. The SMILES string of the molecule is CN(C)C(=O)c1ccc(CN[C@H]2COC[C@H]2Oc2cn[nH]c2)[nH]1. The Morgan fingerprint density at radius 1 is 1.48 bits per heavy atom. The maximum absolute atomic E-state index is 11.9. The lowest BCUT2D eigenvalue weighted by atomic mass is 10.2. The molecule has 0 radical (unpaired) electrons. The van der Waals surface area contributed by atoms with E-state index >= 15 is 0 Å². The van der Waals surface area contributed by atoms with Gasteiger partial charge in [-0.25, -0.2) is 0 Å². The molecule has 0 bridgehead atoms. The van der Waals surface area contributed by atoms with E-state index in [9.17, 15) is 4.79 Å². The van der Waals surface area contributed by atoms with Gasteiger partial charge in [0.1, 0.15) is 11.8 Å². The zero-order chi connectivity index (χ0) is 16.2. The van der Waals surface area contributed by atoms with Crippen molar-refractivity contribution in [3.8, 4) is 5.75 Å². The minimum atomic E-state index is -0.0644. The van der Waals surface area contributed by atoms with Gasteiger partial charge in [0.2, 0.25) is 0 Å². The minimum absolute atomic E-state index is 0.0402. The van der Waals surface area contributed by atoms with E-state index in [1.54, 1.807) is 37.5 Å². The molecule has 0 aliphatic carbocycles. The van der Waals surface area contributed by atoms with Crippen LogP contribution in [0, 0.1) is 0 Å². The predicted molar refractivity (Wildman–Crippen MR) is 83.3 cm³/mol. The lowest BCUT2D eigenvalue weighted by Gasteiger charge is -2.19. The number of hydrogen-bond donors (Lipinski definition) is 3. The first-order chi connectivity index (χ1) is 11.1. The van der Waals surface area contributed by atoms with Crippen LogP contribution in [-0.4, -0.2) is 65.4 Å². The number of ether oxygens (including phenoxy) is 2. The smallest absolute Gasteiger partial charge is 0.269 e. The second-order valence-electron chi connectivity index (χ2n) is 5.71. The third-order valence-corrected chi connectivity index (χ3v) is 3.73. The number of rotatable bonds is 6. The molecule has 1 amide bonds. The highest BCUT2D eigenvalue weighted by molar-refractivity contribution is 5.92. The second kappa shape index (κ2) is 6.84. The number of aromatic amines is 2. The summed E-state index contributed by atoms with van der Waals surface area (Å²) >= 11 is 0. The van der Waals surface area contributed by atoms with Crippen LogP contribution in [0.25, 0.3) is 0 Å². The minimum Gasteiger partial charge on any atom is -0.483 e. The van der Waals surface area contributed by atoms with Crippen LogP contribution < -0.4 is 10.1 Å². The molecule has 0 spiro atoms. The lowest BCUT2D eigenvalue weighted by molar-refractivity contribution is 0.0822. The van der Waals surface area contributed by atoms with Gasteiger partial charge in [0, 0.05) is 26.3 Å². The number of H-pyrrole nitrogens is 2. The van der Waals surface area contributed by atoms with Crippen LogP contribution in [-0.2, 0) is 11.3 Å². The van der Waals surface area contributed by atoms with E-state index in [0.29, 0.717) is 31.2 Å². The lowest BCUT2D eigenvalue weighted by Crippen LogP contribution is -2.41. The molecular formula is C15H21N5O3. The zero-order valence-electron chi connectivity index (χ0n) is 13.2. The molecule has 1 aliphatic rings. The largest absolute Gasteiger partial charge is 0.483 e. The average Bonchev–Trinajstić information content (AvgIpc) is 3.27. The molecule has 23 heavy (non-hydrogen) atoms. The Labute approximate surface area is 134 Å². The highest BCUT2D eigenvalue weighted by atomic mass is 16.5. The number of nitrogens with zero attached hydrogens (tertiary/aromatic N) is 2. The number of amides is 1. The molecule has 0 aromatic carbocycles. The average molecular weight is 319 g/mol. The molecular weight excluding hydrogens is 298 g/mol. The van der Waals surface area contributed by atoms with Gasteiger partial charge in [0.05, 0.1) is 31.6 Å². The van der Waals surface area contributed by atoms with Gasteiger partial charge >= 0.3 is 0 Å². The number of aromatic nitrogens is 3. The molecule has 0 saturated carbocycles. The summed E-state index contributed by atoms with van der Waals surface area (Å²) in [6.07, 6.45) is 3.28. The van der Waals surface area contributed by atoms with Gasteiger partial charge in [0.15, 0.2) is 5.75 Å². The fourth-order valence-corrected chi connectivity index (χ4v) is 2.47. The van der Waals surface area contributed by atoms with Crippen molar-refractivity contribution in [1.29, 1.82) is 0 Å². The molecule has 124 valence electrons. The van der Waals surface area contributed by atoms with Gasteiger partial charge in [-0.2, -0.15) is 5.10 Å². The molecule has 2 aromatic heterocycles. The Kier molecular flexibility index (Phi) is 4.63. The summed E-state index contributed by atoms with van der Waals surface area (Å²) in [6, 6.07) is 3.79. The zero-order valence-corrected chi connectivity index (χ0v) is 13.2. The van der Waals surface area contributed by atoms with Crippen molar-refractivity contribution in [3.05, 3.63) is 35.9 Å². The van der Waals surface area contributed by atoms with E-state index in [-0.39, 0.29) is 18.1 Å². The quantitative estimate of drug-likeness (QED) is 0.715. The molecule has 0 unspecified atom stereocenters. The summed E-state index contributed by atoms with van der Waals surface area (Å²) < 4.78 is 11.3. The monoisotopic (exact) mass is 319 g/mol. The molecule has 1 saturated heterocycles. The summed E-state index contributed by atoms with van der Waals surface area (Å²) in [7, 11) is 3.46. The molecule has 8 heteroatoms. The summed E-state index contributed by atoms with van der Waals surface area (Å²) in [4.78, 5) is 16.5. The van der Waals surface area contributed by atoms with Gasteiger partial charge in [-0.3, -0.25) is 9.89 Å². The van der Waals surface area contributed by atoms with Crippen molar-refractivity contribution in [2.24, 2.45) is 0 Å². The Bertz CT molecular complexity index is 637. The Morgan fingerprint density at radius 2 is 2.35 bits per heavy atom. The van der Waals surface area contributed by atoms with Gasteiger partial charge in [0.25, 0.3) is 5.91 Å².